The van der Waals surface area contributed by atoms with Crippen molar-refractivity contribution >= 4 is 68.9 Å². The molecule has 1 aromatic heterocycles. The Hall–Kier alpha value is -3.44. The SMILES string of the molecule is C[C@H]1Cc2cc(C(O)=C3C(=O)C(=O)N(c4nnc(SCc5ccc(Cl)cc5Cl)s4)[C@H]3c3ccccc3F)ccc2O1. The van der Waals surface area contributed by atoms with E-state index in [2.05, 4.69) is 10.2 Å². The van der Waals surface area contributed by atoms with E-state index in [4.69, 9.17) is 27.9 Å². The smallest absolute Gasteiger partial charge is 0.301 e. The Morgan fingerprint density at radius 2 is 1.95 bits per heavy atom. The maximum Gasteiger partial charge on any atom is 0.301 e. The number of anilines is 1. The Labute approximate surface area is 252 Å². The highest BCUT2D eigenvalue weighted by Gasteiger charge is 2.49. The first-order valence-electron chi connectivity index (χ1n) is 12.5. The van der Waals surface area contributed by atoms with Crippen molar-refractivity contribution in [2.45, 2.75) is 35.6 Å². The van der Waals surface area contributed by atoms with E-state index >= 15 is 4.39 Å². The lowest BCUT2D eigenvalue weighted by atomic mass is 9.94. The first kappa shape index (κ1) is 27.7. The lowest BCUT2D eigenvalue weighted by Gasteiger charge is -2.22. The molecule has 6 rings (SSSR count). The molecule has 2 aliphatic rings. The summed E-state index contributed by atoms with van der Waals surface area (Å²) in [6.07, 6.45) is 0.611. The molecule has 0 radical (unpaired) electrons. The molecule has 1 fully saturated rings. The molecule has 0 bridgehead atoms. The molecule has 41 heavy (non-hydrogen) atoms. The van der Waals surface area contributed by atoms with Crippen LogP contribution in [-0.2, 0) is 21.8 Å². The Morgan fingerprint density at radius 3 is 2.73 bits per heavy atom. The number of aliphatic hydroxyl groups is 1. The number of hydrogen-bond donors (Lipinski definition) is 1. The molecule has 0 saturated carbocycles. The standard InChI is InChI=1S/C29H20Cl2FN3O4S2/c1-14-10-17-11-15(7-9-22(17)39-14)25(36)23-24(19-4-2-3-5-21(19)32)35(27(38)26(23)37)28-33-34-29(41-28)40-13-16-6-8-18(30)12-20(16)31/h2-9,11-12,14,24,36H,10,13H2,1H3/t14-,24-/m0/s1. The van der Waals surface area contributed by atoms with E-state index in [0.29, 0.717) is 37.9 Å². The molecule has 12 heteroatoms. The molecule has 208 valence electrons. The fourth-order valence-electron chi connectivity index (χ4n) is 4.88. The van der Waals surface area contributed by atoms with Gasteiger partial charge in [0.05, 0.1) is 5.57 Å². The van der Waals surface area contributed by atoms with Crippen molar-refractivity contribution in [1.82, 2.24) is 10.2 Å². The van der Waals surface area contributed by atoms with Crippen LogP contribution < -0.4 is 9.64 Å². The molecular weight excluding hydrogens is 608 g/mol. The van der Waals surface area contributed by atoms with Gasteiger partial charge in [-0.1, -0.05) is 70.6 Å². The summed E-state index contributed by atoms with van der Waals surface area (Å²) in [4.78, 5) is 28.0. The highest BCUT2D eigenvalue weighted by atomic mass is 35.5. The van der Waals surface area contributed by atoms with Crippen molar-refractivity contribution in [1.29, 1.82) is 0 Å². The summed E-state index contributed by atoms with van der Waals surface area (Å²) < 4.78 is 21.4. The molecule has 0 aliphatic carbocycles. The van der Waals surface area contributed by atoms with Crippen LogP contribution in [0.5, 0.6) is 5.75 Å². The van der Waals surface area contributed by atoms with Gasteiger partial charge in [-0.3, -0.25) is 14.5 Å². The number of hydrogen-bond acceptors (Lipinski definition) is 8. The summed E-state index contributed by atoms with van der Waals surface area (Å²) >= 11 is 14.7. The quantitative estimate of drug-likeness (QED) is 0.0792. The summed E-state index contributed by atoms with van der Waals surface area (Å²) in [5.74, 6) is -1.77. The van der Waals surface area contributed by atoms with Crippen LogP contribution >= 0.6 is 46.3 Å². The van der Waals surface area contributed by atoms with E-state index in [1.165, 1.54) is 30.0 Å². The van der Waals surface area contributed by atoms with E-state index in [-0.39, 0.29) is 22.4 Å². The third-order valence-electron chi connectivity index (χ3n) is 6.78. The van der Waals surface area contributed by atoms with Gasteiger partial charge in [0.2, 0.25) is 5.13 Å². The van der Waals surface area contributed by atoms with E-state index < -0.39 is 29.3 Å². The number of halogens is 3. The van der Waals surface area contributed by atoms with Crippen LogP contribution in [0.25, 0.3) is 5.76 Å². The number of thioether (sulfide) groups is 1. The van der Waals surface area contributed by atoms with Gasteiger partial charge in [-0.25, -0.2) is 4.39 Å². The third kappa shape index (κ3) is 5.21. The zero-order chi connectivity index (χ0) is 28.8. The molecule has 2 atom stereocenters. The van der Waals surface area contributed by atoms with Crippen LogP contribution in [0.4, 0.5) is 9.52 Å². The number of carbonyl (C=O) groups is 2. The molecule has 1 saturated heterocycles. The molecule has 1 amide bonds. The highest BCUT2D eigenvalue weighted by molar-refractivity contribution is 8.00. The third-order valence-corrected chi connectivity index (χ3v) is 9.47. The van der Waals surface area contributed by atoms with Crippen molar-refractivity contribution in [3.63, 3.8) is 0 Å². The number of fused-ring (bicyclic) bond motifs is 1. The van der Waals surface area contributed by atoms with E-state index in [1.54, 1.807) is 36.4 Å². The number of Topliss-reactive ketones (excluding diaryl/α,β-unsaturated/α-hetero) is 1. The summed E-state index contributed by atoms with van der Waals surface area (Å²) in [5, 5.41) is 20.9. The van der Waals surface area contributed by atoms with Crippen LogP contribution in [0.3, 0.4) is 0 Å². The summed E-state index contributed by atoms with van der Waals surface area (Å²) in [7, 11) is 0. The second-order valence-corrected chi connectivity index (χ2v) is 12.5. The van der Waals surface area contributed by atoms with Crippen LogP contribution in [0.2, 0.25) is 10.0 Å². The lowest BCUT2D eigenvalue weighted by molar-refractivity contribution is -0.132. The van der Waals surface area contributed by atoms with E-state index in [0.717, 1.165) is 27.4 Å². The fourth-order valence-corrected chi connectivity index (χ4v) is 7.31. The first-order chi connectivity index (χ1) is 19.7. The molecule has 0 spiro atoms. The van der Waals surface area contributed by atoms with Crippen molar-refractivity contribution in [3.8, 4) is 5.75 Å². The number of benzene rings is 3. The van der Waals surface area contributed by atoms with Crippen molar-refractivity contribution in [2.75, 3.05) is 4.90 Å². The number of rotatable bonds is 6. The van der Waals surface area contributed by atoms with Gasteiger partial charge >= 0.3 is 5.91 Å². The Kier molecular flexibility index (Phi) is 7.50. The molecule has 0 unspecified atom stereocenters. The molecule has 3 aromatic carbocycles. The number of nitrogens with zero attached hydrogens (tertiary/aromatic N) is 3. The molecule has 3 heterocycles. The van der Waals surface area contributed by atoms with E-state index in [9.17, 15) is 14.7 Å². The first-order valence-corrected chi connectivity index (χ1v) is 15.0. The Bertz CT molecular complexity index is 1740. The number of aromatic nitrogens is 2. The largest absolute Gasteiger partial charge is 0.507 e. The van der Waals surface area contributed by atoms with Gasteiger partial charge in [-0.05, 0) is 54.4 Å². The molecule has 4 aromatic rings. The van der Waals surface area contributed by atoms with Gasteiger partial charge in [0, 0.05) is 33.3 Å². The number of ketones is 1. The van der Waals surface area contributed by atoms with Gasteiger partial charge in [-0.2, -0.15) is 0 Å². The van der Waals surface area contributed by atoms with Crippen molar-refractivity contribution in [2.24, 2.45) is 0 Å². The minimum Gasteiger partial charge on any atom is -0.507 e. The van der Waals surface area contributed by atoms with Crippen LogP contribution in [0, 0.1) is 5.82 Å². The van der Waals surface area contributed by atoms with Gasteiger partial charge in [-0.15, -0.1) is 10.2 Å². The Balaban J connectivity index is 1.39. The highest BCUT2D eigenvalue weighted by Crippen LogP contribution is 2.45. The summed E-state index contributed by atoms with van der Waals surface area (Å²) in [6.45, 7) is 1.93. The number of carbonyl (C=O) groups excluding carboxylic acids is 2. The van der Waals surface area contributed by atoms with E-state index in [1.807, 2.05) is 13.0 Å². The minimum atomic E-state index is -1.25. The molecular formula is C29H20Cl2FN3O4S2. The second-order valence-electron chi connectivity index (χ2n) is 9.52. The maximum absolute atomic E-state index is 15.2. The molecule has 2 aliphatic heterocycles. The van der Waals surface area contributed by atoms with Crippen molar-refractivity contribution in [3.05, 3.63) is 104 Å². The topological polar surface area (TPSA) is 92.6 Å². The lowest BCUT2D eigenvalue weighted by Crippen LogP contribution is -2.29. The predicted molar refractivity (Wildman–Crippen MR) is 157 cm³/mol. The zero-order valence-electron chi connectivity index (χ0n) is 21.3. The minimum absolute atomic E-state index is 0.0217. The normalized spacial score (nSPS) is 19.5. The maximum atomic E-state index is 15.2. The zero-order valence-corrected chi connectivity index (χ0v) is 24.5. The fraction of sp³-hybridized carbons (Fsp3) is 0.172. The number of amides is 1. The average molecular weight is 629 g/mol. The molecule has 7 nitrogen and oxygen atoms in total. The van der Waals surface area contributed by atoms with Gasteiger partial charge in [0.25, 0.3) is 5.78 Å². The van der Waals surface area contributed by atoms with Crippen LogP contribution in [0.15, 0.2) is 70.6 Å². The van der Waals surface area contributed by atoms with Crippen molar-refractivity contribution < 1.29 is 23.8 Å². The second kappa shape index (κ2) is 11.1. The van der Waals surface area contributed by atoms with Gasteiger partial charge < -0.3 is 9.84 Å². The number of aliphatic hydroxyl groups excluding tert-OH is 1. The average Bonchev–Trinajstić information content (AvgIpc) is 3.63. The Morgan fingerprint density at radius 1 is 1.15 bits per heavy atom. The summed E-state index contributed by atoms with van der Waals surface area (Å²) in [5.41, 5.74) is 1.84. The summed E-state index contributed by atoms with van der Waals surface area (Å²) in [6, 6.07) is 14.8. The number of ether oxygens (including phenoxy) is 1. The van der Waals surface area contributed by atoms with Crippen LogP contribution in [0.1, 0.15) is 35.2 Å². The monoisotopic (exact) mass is 627 g/mol. The molecule has 1 N–H and O–H groups in total. The van der Waals surface area contributed by atoms with Gasteiger partial charge in [0.15, 0.2) is 4.34 Å². The predicted octanol–water partition coefficient (Wildman–Crippen LogP) is 7.23. The van der Waals surface area contributed by atoms with Gasteiger partial charge in [0.1, 0.15) is 29.5 Å². The van der Waals surface area contributed by atoms with Crippen LogP contribution in [-0.4, -0.2) is 33.1 Å².